The molecule has 0 aliphatic carbocycles. The third kappa shape index (κ3) is 4.10. The summed E-state index contributed by atoms with van der Waals surface area (Å²) in [6.45, 7) is 6.69. The number of ether oxygens (including phenoxy) is 1. The molecule has 0 bridgehead atoms. The highest BCUT2D eigenvalue weighted by molar-refractivity contribution is 4.46. The summed E-state index contributed by atoms with van der Waals surface area (Å²) < 4.78 is 6.56. The molecule has 1 fully saturated rings. The molecule has 0 aromatic carbocycles. The van der Waals surface area contributed by atoms with E-state index in [2.05, 4.69) is 14.0 Å². The molecule has 1 heterocycles. The third-order valence-electron chi connectivity index (χ3n) is 2.98. The first-order chi connectivity index (χ1) is 6.27. The van der Waals surface area contributed by atoms with Gasteiger partial charge in [-0.1, -0.05) is 26.2 Å². The number of hydrogen-bond donors (Lipinski definition) is 0. The van der Waals surface area contributed by atoms with Crippen molar-refractivity contribution < 1.29 is 9.22 Å². The number of nitrogens with zero attached hydrogens (tertiary/aromatic N) is 1. The minimum atomic E-state index is 0.938. The Labute approximate surface area is 82.5 Å². The summed E-state index contributed by atoms with van der Waals surface area (Å²) in [4.78, 5) is 0. The summed E-state index contributed by atoms with van der Waals surface area (Å²) in [5, 5.41) is 0. The van der Waals surface area contributed by atoms with Gasteiger partial charge >= 0.3 is 0 Å². The van der Waals surface area contributed by atoms with Gasteiger partial charge < -0.3 is 9.22 Å². The van der Waals surface area contributed by atoms with Crippen LogP contribution in [-0.2, 0) is 4.74 Å². The molecule has 1 aliphatic heterocycles. The fourth-order valence-corrected chi connectivity index (χ4v) is 1.91. The minimum absolute atomic E-state index is 0.938. The Morgan fingerprint density at radius 3 is 2.54 bits per heavy atom. The summed E-state index contributed by atoms with van der Waals surface area (Å²) in [6.07, 6.45) is 6.94. The molecule has 0 aromatic heterocycles. The van der Waals surface area contributed by atoms with E-state index >= 15 is 0 Å². The van der Waals surface area contributed by atoms with Crippen LogP contribution in [0.25, 0.3) is 0 Å². The zero-order chi connectivity index (χ0) is 9.57. The quantitative estimate of drug-likeness (QED) is 0.457. The molecule has 0 amide bonds. The minimum Gasteiger partial charge on any atom is -0.326 e. The maximum absolute atomic E-state index is 5.41. The molecule has 1 rings (SSSR count). The maximum Gasteiger partial charge on any atom is 0.183 e. The SMILES string of the molecule is CCCCCCC[N+]1(C)CCOC1. The van der Waals surface area contributed by atoms with Crippen LogP contribution in [0.15, 0.2) is 0 Å². The smallest absolute Gasteiger partial charge is 0.183 e. The highest BCUT2D eigenvalue weighted by atomic mass is 16.5. The second-order valence-corrected chi connectivity index (χ2v) is 4.52. The molecule has 2 heteroatoms. The largest absolute Gasteiger partial charge is 0.326 e. The molecule has 0 aromatic rings. The van der Waals surface area contributed by atoms with Gasteiger partial charge in [0.2, 0.25) is 0 Å². The Hall–Kier alpha value is -0.0800. The van der Waals surface area contributed by atoms with Crippen LogP contribution in [0.1, 0.15) is 39.0 Å². The van der Waals surface area contributed by atoms with Crippen molar-refractivity contribution in [3.63, 3.8) is 0 Å². The lowest BCUT2D eigenvalue weighted by atomic mass is 10.1. The third-order valence-corrected chi connectivity index (χ3v) is 2.98. The predicted octanol–water partition coefficient (Wildman–Crippen LogP) is 2.39. The van der Waals surface area contributed by atoms with Crippen LogP contribution in [-0.4, -0.2) is 38.0 Å². The fourth-order valence-electron chi connectivity index (χ4n) is 1.91. The summed E-state index contributed by atoms with van der Waals surface area (Å²) in [6, 6.07) is 0. The highest BCUT2D eigenvalue weighted by Crippen LogP contribution is 2.13. The van der Waals surface area contributed by atoms with Crippen molar-refractivity contribution in [2.75, 3.05) is 33.5 Å². The Morgan fingerprint density at radius 1 is 1.15 bits per heavy atom. The number of likely N-dealkylation sites (N-methyl/N-ethyl adjacent to an activating group) is 1. The zero-order valence-electron chi connectivity index (χ0n) is 9.22. The second kappa shape index (κ2) is 5.61. The van der Waals surface area contributed by atoms with Crippen LogP contribution in [0.4, 0.5) is 0 Å². The van der Waals surface area contributed by atoms with E-state index in [4.69, 9.17) is 4.74 Å². The van der Waals surface area contributed by atoms with Crippen molar-refractivity contribution in [3.05, 3.63) is 0 Å². The molecule has 0 radical (unpaired) electrons. The van der Waals surface area contributed by atoms with E-state index in [9.17, 15) is 0 Å². The number of hydrogen-bond acceptors (Lipinski definition) is 1. The molecular formula is C11H24NO+. The van der Waals surface area contributed by atoms with E-state index in [1.54, 1.807) is 0 Å². The van der Waals surface area contributed by atoms with Crippen molar-refractivity contribution in [1.29, 1.82) is 0 Å². The maximum atomic E-state index is 5.41. The van der Waals surface area contributed by atoms with Gasteiger partial charge in [-0.3, -0.25) is 0 Å². The standard InChI is InChI=1S/C11H24NO/c1-3-4-5-6-7-8-12(2)9-10-13-11-12/h3-11H2,1-2H3/q+1. The Bertz CT molecular complexity index is 130. The summed E-state index contributed by atoms with van der Waals surface area (Å²) >= 11 is 0. The molecule has 1 saturated heterocycles. The molecule has 0 saturated carbocycles. The van der Waals surface area contributed by atoms with Crippen molar-refractivity contribution >= 4 is 0 Å². The van der Waals surface area contributed by atoms with Crippen LogP contribution in [0.2, 0.25) is 0 Å². The average Bonchev–Trinajstić information content (AvgIpc) is 2.53. The van der Waals surface area contributed by atoms with Gasteiger partial charge in [-0.15, -0.1) is 0 Å². The van der Waals surface area contributed by atoms with E-state index in [1.807, 2.05) is 0 Å². The van der Waals surface area contributed by atoms with E-state index in [-0.39, 0.29) is 0 Å². The summed E-state index contributed by atoms with van der Waals surface area (Å²) in [5.41, 5.74) is 0. The van der Waals surface area contributed by atoms with E-state index in [0.29, 0.717) is 0 Å². The summed E-state index contributed by atoms with van der Waals surface area (Å²) in [7, 11) is 2.31. The Balaban J connectivity index is 1.98. The van der Waals surface area contributed by atoms with Gasteiger partial charge in [0.1, 0.15) is 13.2 Å². The van der Waals surface area contributed by atoms with Crippen LogP contribution >= 0.6 is 0 Å². The molecule has 78 valence electrons. The molecule has 13 heavy (non-hydrogen) atoms. The van der Waals surface area contributed by atoms with Gasteiger partial charge in [0.15, 0.2) is 6.73 Å². The second-order valence-electron chi connectivity index (χ2n) is 4.52. The van der Waals surface area contributed by atoms with Crippen molar-refractivity contribution in [2.45, 2.75) is 39.0 Å². The lowest BCUT2D eigenvalue weighted by molar-refractivity contribution is -0.906. The predicted molar refractivity (Wildman–Crippen MR) is 55.5 cm³/mol. The van der Waals surface area contributed by atoms with Crippen LogP contribution < -0.4 is 0 Å². The summed E-state index contributed by atoms with van der Waals surface area (Å²) in [5.74, 6) is 0. The van der Waals surface area contributed by atoms with Gasteiger partial charge in [0, 0.05) is 0 Å². The molecule has 1 atom stereocenters. The van der Waals surface area contributed by atoms with Crippen LogP contribution in [0.5, 0.6) is 0 Å². The zero-order valence-corrected chi connectivity index (χ0v) is 9.22. The topological polar surface area (TPSA) is 9.23 Å². The molecule has 0 spiro atoms. The lowest BCUT2D eigenvalue weighted by Crippen LogP contribution is -2.42. The van der Waals surface area contributed by atoms with E-state index in [1.165, 1.54) is 45.2 Å². The van der Waals surface area contributed by atoms with Gasteiger partial charge in [0.05, 0.1) is 13.6 Å². The van der Waals surface area contributed by atoms with Crippen molar-refractivity contribution in [2.24, 2.45) is 0 Å². The molecule has 2 nitrogen and oxygen atoms in total. The Kier molecular flexibility index (Phi) is 4.74. The first-order valence-corrected chi connectivity index (χ1v) is 5.68. The van der Waals surface area contributed by atoms with Gasteiger partial charge in [-0.05, 0) is 12.8 Å². The van der Waals surface area contributed by atoms with E-state index < -0.39 is 0 Å². The fraction of sp³-hybridized carbons (Fsp3) is 1.00. The molecule has 1 aliphatic rings. The van der Waals surface area contributed by atoms with E-state index in [0.717, 1.165) is 17.8 Å². The molecule has 0 N–H and O–H groups in total. The number of unbranched alkanes of at least 4 members (excludes halogenated alkanes) is 4. The first-order valence-electron chi connectivity index (χ1n) is 5.68. The van der Waals surface area contributed by atoms with Crippen molar-refractivity contribution in [1.82, 2.24) is 0 Å². The monoisotopic (exact) mass is 186 g/mol. The Morgan fingerprint density at radius 2 is 1.92 bits per heavy atom. The number of quaternary nitrogens is 1. The average molecular weight is 186 g/mol. The van der Waals surface area contributed by atoms with Gasteiger partial charge in [-0.2, -0.15) is 0 Å². The van der Waals surface area contributed by atoms with Crippen LogP contribution in [0.3, 0.4) is 0 Å². The van der Waals surface area contributed by atoms with Gasteiger partial charge in [-0.25, -0.2) is 0 Å². The molecule has 1 unspecified atom stereocenters. The molecular weight excluding hydrogens is 162 g/mol. The number of rotatable bonds is 6. The normalized spacial score (nSPS) is 28.2. The van der Waals surface area contributed by atoms with Crippen molar-refractivity contribution in [3.8, 4) is 0 Å². The van der Waals surface area contributed by atoms with Crippen LogP contribution in [0, 0.1) is 0 Å². The van der Waals surface area contributed by atoms with Gasteiger partial charge in [0.25, 0.3) is 0 Å². The highest BCUT2D eigenvalue weighted by Gasteiger charge is 2.26. The first kappa shape index (κ1) is 11.0. The lowest BCUT2D eigenvalue weighted by Gasteiger charge is -2.26.